The van der Waals surface area contributed by atoms with Gasteiger partial charge in [0.2, 0.25) is 0 Å². The van der Waals surface area contributed by atoms with E-state index < -0.39 is 0 Å². The fourth-order valence-electron chi connectivity index (χ4n) is 2.16. The van der Waals surface area contributed by atoms with Crippen LogP contribution in [-0.2, 0) is 4.79 Å². The van der Waals surface area contributed by atoms with Gasteiger partial charge < -0.3 is 4.90 Å². The molecule has 2 unspecified atom stereocenters. The van der Waals surface area contributed by atoms with Gasteiger partial charge >= 0.3 is 6.03 Å². The normalized spacial score (nSPS) is 30.6. The predicted octanol–water partition coefficient (Wildman–Crippen LogP) is -1.30. The van der Waals surface area contributed by atoms with Gasteiger partial charge in [-0.3, -0.25) is 19.9 Å². The molecule has 2 aliphatic rings. The van der Waals surface area contributed by atoms with Crippen molar-refractivity contribution in [1.82, 2.24) is 20.0 Å². The summed E-state index contributed by atoms with van der Waals surface area (Å²) in [6.07, 6.45) is 4.91. The zero-order chi connectivity index (χ0) is 11.9. The van der Waals surface area contributed by atoms with Crippen molar-refractivity contribution in [3.63, 3.8) is 0 Å². The third-order valence-electron chi connectivity index (χ3n) is 3.04. The summed E-state index contributed by atoms with van der Waals surface area (Å²) in [6.45, 7) is 0.613. The number of hydrogen-bond acceptors (Lipinski definition) is 4. The highest BCUT2D eigenvalue weighted by molar-refractivity contribution is 6.00. The molecule has 2 fully saturated rings. The molecule has 2 rings (SSSR count). The third kappa shape index (κ3) is 1.37. The quantitative estimate of drug-likeness (QED) is 0.560. The molecule has 0 aromatic heterocycles. The molecule has 6 nitrogen and oxygen atoms in total. The first-order valence-corrected chi connectivity index (χ1v) is 5.03. The second-order valence-electron chi connectivity index (χ2n) is 4.03. The van der Waals surface area contributed by atoms with E-state index >= 15 is 0 Å². The molecule has 0 aromatic carbocycles. The van der Waals surface area contributed by atoms with Gasteiger partial charge in [-0.1, -0.05) is 5.92 Å². The molecule has 0 bridgehead atoms. The highest BCUT2D eigenvalue weighted by Crippen LogP contribution is 2.21. The number of rotatable bonds is 1. The lowest BCUT2D eigenvalue weighted by molar-refractivity contribution is -0.136. The summed E-state index contributed by atoms with van der Waals surface area (Å²) >= 11 is 0. The van der Waals surface area contributed by atoms with Crippen molar-refractivity contribution in [2.45, 2.75) is 12.2 Å². The van der Waals surface area contributed by atoms with Crippen LogP contribution in [0, 0.1) is 12.3 Å². The maximum absolute atomic E-state index is 12.1. The first-order chi connectivity index (χ1) is 7.57. The largest absolute Gasteiger partial charge is 0.328 e. The maximum Gasteiger partial charge on any atom is 0.328 e. The molecule has 0 aliphatic carbocycles. The lowest BCUT2D eigenvalue weighted by Gasteiger charge is -2.39. The standard InChI is InChI=1S/C10H14N4O2/c1-4-5-14-9(15)7-8(11-6-12(7)2)13(3)10(14)16/h1,7-8,11H,5-6H2,2-3H3. The predicted molar refractivity (Wildman–Crippen MR) is 57.0 cm³/mol. The number of imide groups is 1. The molecule has 6 heteroatoms. The van der Waals surface area contributed by atoms with Crippen LogP contribution in [0.15, 0.2) is 0 Å². The van der Waals surface area contributed by atoms with E-state index in [-0.39, 0.29) is 30.7 Å². The Morgan fingerprint density at radius 3 is 2.81 bits per heavy atom. The number of carbonyl (C=O) groups excluding carboxylic acids is 2. The van der Waals surface area contributed by atoms with Crippen LogP contribution in [0.1, 0.15) is 0 Å². The van der Waals surface area contributed by atoms with Crippen molar-refractivity contribution in [3.05, 3.63) is 0 Å². The van der Waals surface area contributed by atoms with Gasteiger partial charge in [-0.15, -0.1) is 6.42 Å². The van der Waals surface area contributed by atoms with Crippen molar-refractivity contribution in [2.75, 3.05) is 27.3 Å². The van der Waals surface area contributed by atoms with Crippen molar-refractivity contribution in [2.24, 2.45) is 0 Å². The first-order valence-electron chi connectivity index (χ1n) is 5.03. The van der Waals surface area contributed by atoms with E-state index in [0.717, 1.165) is 4.90 Å². The van der Waals surface area contributed by atoms with Gasteiger partial charge in [-0.2, -0.15) is 0 Å². The molecular formula is C10H14N4O2. The number of fused-ring (bicyclic) bond motifs is 1. The SMILES string of the molecule is C#CCN1C(=O)C2C(NCN2C)N(C)C1=O. The molecule has 0 radical (unpaired) electrons. The van der Waals surface area contributed by atoms with Crippen molar-refractivity contribution < 1.29 is 9.59 Å². The van der Waals surface area contributed by atoms with Crippen LogP contribution in [0.3, 0.4) is 0 Å². The number of carbonyl (C=O) groups is 2. The van der Waals surface area contributed by atoms with E-state index in [1.54, 1.807) is 7.05 Å². The number of nitrogens with one attached hydrogen (secondary N) is 1. The molecule has 2 atom stereocenters. The summed E-state index contributed by atoms with van der Waals surface area (Å²) in [6, 6.07) is -0.678. The monoisotopic (exact) mass is 222 g/mol. The topological polar surface area (TPSA) is 55.9 Å². The second-order valence-corrected chi connectivity index (χ2v) is 4.03. The van der Waals surface area contributed by atoms with Gasteiger partial charge in [-0.05, 0) is 7.05 Å². The molecular weight excluding hydrogens is 208 g/mol. The Morgan fingerprint density at radius 2 is 2.19 bits per heavy atom. The Kier molecular flexibility index (Phi) is 2.58. The average molecular weight is 222 g/mol. The van der Waals surface area contributed by atoms with Crippen LogP contribution in [-0.4, -0.2) is 66.2 Å². The molecule has 0 aromatic rings. The molecule has 16 heavy (non-hydrogen) atoms. The summed E-state index contributed by atoms with van der Waals surface area (Å²) in [4.78, 5) is 28.4. The maximum atomic E-state index is 12.1. The number of amides is 3. The van der Waals surface area contributed by atoms with Crippen molar-refractivity contribution in [3.8, 4) is 12.3 Å². The number of hydrogen-bond donors (Lipinski definition) is 1. The smallest absolute Gasteiger partial charge is 0.310 e. The molecule has 0 spiro atoms. The van der Waals surface area contributed by atoms with Crippen LogP contribution >= 0.6 is 0 Å². The zero-order valence-electron chi connectivity index (χ0n) is 9.30. The summed E-state index contributed by atoms with van der Waals surface area (Å²) in [5.41, 5.74) is 0. The Labute approximate surface area is 94.2 Å². The number of nitrogens with zero attached hydrogens (tertiary/aromatic N) is 3. The van der Waals surface area contributed by atoms with E-state index in [2.05, 4.69) is 11.2 Å². The van der Waals surface area contributed by atoms with Crippen LogP contribution < -0.4 is 5.32 Å². The Bertz CT molecular complexity index is 376. The van der Waals surface area contributed by atoms with Crippen LogP contribution in [0.5, 0.6) is 0 Å². The fourth-order valence-corrected chi connectivity index (χ4v) is 2.16. The Hall–Kier alpha value is -1.58. The number of terminal acetylenes is 1. The van der Waals surface area contributed by atoms with E-state index in [9.17, 15) is 9.59 Å². The summed E-state index contributed by atoms with van der Waals surface area (Å²) in [5.74, 6) is 2.11. The fraction of sp³-hybridized carbons (Fsp3) is 0.600. The third-order valence-corrected chi connectivity index (χ3v) is 3.04. The Balaban J connectivity index is 2.30. The highest BCUT2D eigenvalue weighted by atomic mass is 16.2. The zero-order valence-corrected chi connectivity index (χ0v) is 9.30. The minimum atomic E-state index is -0.341. The molecule has 2 aliphatic heterocycles. The van der Waals surface area contributed by atoms with Crippen LogP contribution in [0.2, 0.25) is 0 Å². The summed E-state index contributed by atoms with van der Waals surface area (Å²) < 4.78 is 0. The number of likely N-dealkylation sites (N-methyl/N-ethyl adjacent to an activating group) is 2. The lowest BCUT2D eigenvalue weighted by atomic mass is 10.1. The summed E-state index contributed by atoms with van der Waals surface area (Å²) in [7, 11) is 3.51. The van der Waals surface area contributed by atoms with Crippen LogP contribution in [0.4, 0.5) is 4.79 Å². The Morgan fingerprint density at radius 1 is 1.50 bits per heavy atom. The molecule has 0 saturated carbocycles. The van der Waals surface area contributed by atoms with E-state index in [4.69, 9.17) is 6.42 Å². The minimum Gasteiger partial charge on any atom is -0.310 e. The molecule has 2 saturated heterocycles. The van der Waals surface area contributed by atoms with Crippen molar-refractivity contribution in [1.29, 1.82) is 0 Å². The molecule has 3 amide bonds. The molecule has 1 N–H and O–H groups in total. The molecule has 86 valence electrons. The summed E-state index contributed by atoms with van der Waals surface area (Å²) in [5, 5.41) is 3.11. The van der Waals surface area contributed by atoms with Gasteiger partial charge in [0, 0.05) is 7.05 Å². The van der Waals surface area contributed by atoms with Gasteiger partial charge in [0.15, 0.2) is 0 Å². The first kappa shape index (κ1) is 10.9. The van der Waals surface area contributed by atoms with E-state index in [0.29, 0.717) is 6.67 Å². The van der Waals surface area contributed by atoms with Gasteiger partial charge in [0.25, 0.3) is 5.91 Å². The lowest BCUT2D eigenvalue weighted by Crippen LogP contribution is -2.65. The van der Waals surface area contributed by atoms with Crippen molar-refractivity contribution >= 4 is 11.9 Å². The highest BCUT2D eigenvalue weighted by Gasteiger charge is 2.49. The molecule has 2 heterocycles. The van der Waals surface area contributed by atoms with E-state index in [1.807, 2.05) is 11.9 Å². The number of urea groups is 1. The van der Waals surface area contributed by atoms with Gasteiger partial charge in [-0.25, -0.2) is 4.79 Å². The van der Waals surface area contributed by atoms with Gasteiger partial charge in [0.05, 0.1) is 13.2 Å². The minimum absolute atomic E-state index is 0.0269. The van der Waals surface area contributed by atoms with Gasteiger partial charge in [0.1, 0.15) is 12.2 Å². The van der Waals surface area contributed by atoms with Crippen LogP contribution in [0.25, 0.3) is 0 Å². The van der Waals surface area contributed by atoms with E-state index in [1.165, 1.54) is 4.90 Å². The average Bonchev–Trinajstić information content (AvgIpc) is 2.64. The second kappa shape index (κ2) is 3.77.